The zero-order chi connectivity index (χ0) is 14.9. The number of alkyl halides is 1. The van der Waals surface area contributed by atoms with Crippen LogP contribution in [0.4, 0.5) is 0 Å². The molecule has 0 N–H and O–H groups in total. The second-order valence-corrected chi connectivity index (χ2v) is 7.93. The molecule has 1 unspecified atom stereocenters. The van der Waals surface area contributed by atoms with E-state index in [-0.39, 0.29) is 4.83 Å². The van der Waals surface area contributed by atoms with E-state index in [1.165, 1.54) is 22.3 Å². The standard InChI is InChI=1S/C17H17Br3/c1-10(2)12-4-6-13(7-5-12)17(20)14-9-15(18)11(3)8-16(14)19/h4-10,17H,1-3H3. The van der Waals surface area contributed by atoms with Crippen LogP contribution in [0.2, 0.25) is 0 Å². The fraction of sp³-hybridized carbons (Fsp3) is 0.294. The highest BCUT2D eigenvalue weighted by Crippen LogP contribution is 2.38. The van der Waals surface area contributed by atoms with Crippen molar-refractivity contribution >= 4 is 47.8 Å². The van der Waals surface area contributed by atoms with E-state index in [0.29, 0.717) is 5.92 Å². The predicted octanol–water partition coefficient (Wildman–Crippen LogP) is 7.13. The molecular weight excluding hydrogens is 444 g/mol. The van der Waals surface area contributed by atoms with Gasteiger partial charge in [-0.2, -0.15) is 0 Å². The Kier molecular flexibility index (Phi) is 5.49. The molecule has 1 atom stereocenters. The van der Waals surface area contributed by atoms with Crippen molar-refractivity contribution in [2.45, 2.75) is 31.5 Å². The third-order valence-electron chi connectivity index (χ3n) is 3.45. The Balaban J connectivity index is 2.36. The van der Waals surface area contributed by atoms with E-state index in [9.17, 15) is 0 Å². The molecule has 0 aromatic heterocycles. The van der Waals surface area contributed by atoms with Crippen LogP contribution in [-0.2, 0) is 0 Å². The highest BCUT2D eigenvalue weighted by atomic mass is 79.9. The fourth-order valence-corrected chi connectivity index (χ4v) is 4.12. The Labute approximate surface area is 146 Å². The van der Waals surface area contributed by atoms with Gasteiger partial charge in [-0.15, -0.1) is 0 Å². The highest BCUT2D eigenvalue weighted by molar-refractivity contribution is 9.11. The second kappa shape index (κ2) is 6.76. The average Bonchev–Trinajstić information content (AvgIpc) is 2.42. The summed E-state index contributed by atoms with van der Waals surface area (Å²) in [5, 5.41) is 0. The summed E-state index contributed by atoms with van der Waals surface area (Å²) in [6, 6.07) is 13.2. The average molecular weight is 461 g/mol. The largest absolute Gasteiger partial charge is 0.0786 e. The molecule has 0 nitrogen and oxygen atoms in total. The number of benzene rings is 2. The summed E-state index contributed by atoms with van der Waals surface area (Å²) in [4.78, 5) is 0.190. The van der Waals surface area contributed by atoms with Crippen LogP contribution in [0.25, 0.3) is 0 Å². The van der Waals surface area contributed by atoms with Crippen LogP contribution in [0, 0.1) is 6.92 Å². The zero-order valence-electron chi connectivity index (χ0n) is 11.8. The number of rotatable bonds is 3. The fourth-order valence-electron chi connectivity index (χ4n) is 2.09. The smallest absolute Gasteiger partial charge is 0.0656 e. The predicted molar refractivity (Wildman–Crippen MR) is 97.9 cm³/mol. The van der Waals surface area contributed by atoms with E-state index in [1.54, 1.807) is 0 Å². The summed E-state index contributed by atoms with van der Waals surface area (Å²) < 4.78 is 2.27. The number of halogens is 3. The van der Waals surface area contributed by atoms with Crippen LogP contribution in [-0.4, -0.2) is 0 Å². The van der Waals surface area contributed by atoms with E-state index in [1.807, 2.05) is 0 Å². The van der Waals surface area contributed by atoms with E-state index >= 15 is 0 Å². The lowest BCUT2D eigenvalue weighted by atomic mass is 9.98. The van der Waals surface area contributed by atoms with Crippen molar-refractivity contribution < 1.29 is 0 Å². The van der Waals surface area contributed by atoms with Crippen molar-refractivity contribution in [1.82, 2.24) is 0 Å². The minimum atomic E-state index is 0.190. The maximum atomic E-state index is 3.81. The van der Waals surface area contributed by atoms with Crippen LogP contribution in [0.15, 0.2) is 45.3 Å². The first-order valence-corrected chi connectivity index (χ1v) is 9.09. The molecule has 0 aliphatic heterocycles. The molecule has 0 bridgehead atoms. The van der Waals surface area contributed by atoms with Gasteiger partial charge in [0, 0.05) is 8.95 Å². The Morgan fingerprint density at radius 3 is 1.95 bits per heavy atom. The van der Waals surface area contributed by atoms with Crippen molar-refractivity contribution in [3.63, 3.8) is 0 Å². The van der Waals surface area contributed by atoms with Crippen molar-refractivity contribution in [3.05, 3.63) is 67.6 Å². The quantitative estimate of drug-likeness (QED) is 0.427. The van der Waals surface area contributed by atoms with E-state index in [0.717, 1.165) is 8.95 Å². The molecule has 2 aromatic carbocycles. The molecule has 0 saturated heterocycles. The number of aryl methyl sites for hydroxylation is 1. The number of hydrogen-bond donors (Lipinski definition) is 0. The molecule has 20 heavy (non-hydrogen) atoms. The normalized spacial score (nSPS) is 12.8. The van der Waals surface area contributed by atoms with Gasteiger partial charge in [0.2, 0.25) is 0 Å². The van der Waals surface area contributed by atoms with Gasteiger partial charge >= 0.3 is 0 Å². The Morgan fingerprint density at radius 1 is 0.850 bits per heavy atom. The van der Waals surface area contributed by atoms with Crippen molar-refractivity contribution in [2.75, 3.05) is 0 Å². The third-order valence-corrected chi connectivity index (χ3v) is 6.01. The molecule has 0 aliphatic carbocycles. The van der Waals surface area contributed by atoms with Crippen molar-refractivity contribution in [1.29, 1.82) is 0 Å². The SMILES string of the molecule is Cc1cc(Br)c(C(Br)c2ccc(C(C)C)cc2)cc1Br. The van der Waals surface area contributed by atoms with Crippen LogP contribution in [0.3, 0.4) is 0 Å². The molecule has 0 radical (unpaired) electrons. The third kappa shape index (κ3) is 3.55. The monoisotopic (exact) mass is 458 g/mol. The molecule has 0 saturated carbocycles. The molecule has 0 spiro atoms. The Bertz CT molecular complexity index is 600. The van der Waals surface area contributed by atoms with Gasteiger partial charge < -0.3 is 0 Å². The summed E-state index contributed by atoms with van der Waals surface area (Å²) in [6.07, 6.45) is 0. The summed E-state index contributed by atoms with van der Waals surface area (Å²) in [5.74, 6) is 0.568. The Hall–Kier alpha value is -0.120. The molecular formula is C17H17Br3. The Morgan fingerprint density at radius 2 is 1.40 bits per heavy atom. The first-order chi connectivity index (χ1) is 9.40. The molecule has 106 valence electrons. The van der Waals surface area contributed by atoms with Crippen LogP contribution in [0.1, 0.15) is 46.8 Å². The summed E-state index contributed by atoms with van der Waals surface area (Å²) in [6.45, 7) is 6.53. The van der Waals surface area contributed by atoms with E-state index in [2.05, 4.69) is 105 Å². The molecule has 0 heterocycles. The summed E-state index contributed by atoms with van der Waals surface area (Å²) in [5.41, 5.74) is 5.11. The number of hydrogen-bond acceptors (Lipinski definition) is 0. The minimum absolute atomic E-state index is 0.190. The molecule has 3 heteroatoms. The van der Waals surface area contributed by atoms with Gasteiger partial charge in [-0.1, -0.05) is 85.9 Å². The first-order valence-electron chi connectivity index (χ1n) is 6.59. The second-order valence-electron chi connectivity index (χ2n) is 5.31. The van der Waals surface area contributed by atoms with Crippen molar-refractivity contribution in [2.24, 2.45) is 0 Å². The molecule has 2 rings (SSSR count). The van der Waals surface area contributed by atoms with Gasteiger partial charge in [0.05, 0.1) is 4.83 Å². The lowest BCUT2D eigenvalue weighted by molar-refractivity contribution is 0.865. The van der Waals surface area contributed by atoms with Gasteiger partial charge in [-0.3, -0.25) is 0 Å². The van der Waals surface area contributed by atoms with Gasteiger partial charge in [0.1, 0.15) is 0 Å². The van der Waals surface area contributed by atoms with Crippen LogP contribution < -0.4 is 0 Å². The van der Waals surface area contributed by atoms with E-state index < -0.39 is 0 Å². The van der Waals surface area contributed by atoms with Crippen LogP contribution in [0.5, 0.6) is 0 Å². The molecule has 0 amide bonds. The van der Waals surface area contributed by atoms with Gasteiger partial charge in [-0.25, -0.2) is 0 Å². The topological polar surface area (TPSA) is 0 Å². The van der Waals surface area contributed by atoms with Gasteiger partial charge in [-0.05, 0) is 47.2 Å². The lowest BCUT2D eigenvalue weighted by Gasteiger charge is -2.15. The maximum Gasteiger partial charge on any atom is 0.0656 e. The lowest BCUT2D eigenvalue weighted by Crippen LogP contribution is -1.96. The molecule has 0 fully saturated rings. The van der Waals surface area contributed by atoms with Gasteiger partial charge in [0.25, 0.3) is 0 Å². The summed E-state index contributed by atoms with van der Waals surface area (Å²) in [7, 11) is 0. The maximum absolute atomic E-state index is 3.81. The highest BCUT2D eigenvalue weighted by Gasteiger charge is 2.15. The first kappa shape index (κ1) is 16.3. The van der Waals surface area contributed by atoms with Crippen molar-refractivity contribution in [3.8, 4) is 0 Å². The summed E-state index contributed by atoms with van der Waals surface area (Å²) >= 11 is 11.1. The molecule has 0 aliphatic rings. The zero-order valence-corrected chi connectivity index (χ0v) is 16.5. The van der Waals surface area contributed by atoms with E-state index in [4.69, 9.17) is 0 Å². The minimum Gasteiger partial charge on any atom is -0.0786 e. The van der Waals surface area contributed by atoms with Gasteiger partial charge in [0.15, 0.2) is 0 Å². The van der Waals surface area contributed by atoms with Crippen LogP contribution >= 0.6 is 47.8 Å². The molecule has 2 aromatic rings.